The molecule has 100 valence electrons. The fourth-order valence-electron chi connectivity index (χ4n) is 2.66. The first-order valence-electron chi connectivity index (χ1n) is 6.91. The summed E-state index contributed by atoms with van der Waals surface area (Å²) in [6.07, 6.45) is 2.37. The van der Waals surface area contributed by atoms with Crippen molar-refractivity contribution in [1.29, 1.82) is 0 Å². The molecule has 0 N–H and O–H groups in total. The van der Waals surface area contributed by atoms with E-state index in [-0.39, 0.29) is 6.10 Å². The van der Waals surface area contributed by atoms with E-state index in [4.69, 9.17) is 9.47 Å². The number of aromatic nitrogens is 1. The molecule has 2 heterocycles. The first kappa shape index (κ1) is 12.3. The molecule has 19 heavy (non-hydrogen) atoms. The van der Waals surface area contributed by atoms with Crippen LogP contribution in [0.15, 0.2) is 18.2 Å². The van der Waals surface area contributed by atoms with Gasteiger partial charge < -0.3 is 9.47 Å². The van der Waals surface area contributed by atoms with Crippen molar-refractivity contribution in [3.05, 3.63) is 29.3 Å². The van der Waals surface area contributed by atoms with E-state index in [0.717, 1.165) is 30.0 Å². The molecule has 3 heteroatoms. The molecule has 0 amide bonds. The lowest BCUT2D eigenvalue weighted by Gasteiger charge is -2.24. The molecule has 1 unspecified atom stereocenters. The third-order valence-corrected chi connectivity index (χ3v) is 3.73. The quantitative estimate of drug-likeness (QED) is 0.822. The SMILES string of the molecule is CCOc1ccc2nc3c(c(C)c2c1)CCC(C)O3. The van der Waals surface area contributed by atoms with E-state index in [1.54, 1.807) is 0 Å². The van der Waals surface area contributed by atoms with E-state index in [9.17, 15) is 0 Å². The minimum atomic E-state index is 0.263. The maximum absolute atomic E-state index is 5.86. The van der Waals surface area contributed by atoms with Gasteiger partial charge in [-0.25, -0.2) is 4.98 Å². The van der Waals surface area contributed by atoms with Gasteiger partial charge in [0, 0.05) is 10.9 Å². The molecule has 3 rings (SSSR count). The molecule has 0 bridgehead atoms. The third-order valence-electron chi connectivity index (χ3n) is 3.73. The van der Waals surface area contributed by atoms with Crippen molar-refractivity contribution in [3.8, 4) is 11.6 Å². The number of ether oxygens (including phenoxy) is 2. The van der Waals surface area contributed by atoms with Crippen molar-refractivity contribution >= 4 is 10.9 Å². The van der Waals surface area contributed by atoms with Gasteiger partial charge in [-0.15, -0.1) is 0 Å². The zero-order valence-electron chi connectivity index (χ0n) is 11.7. The highest BCUT2D eigenvalue weighted by atomic mass is 16.5. The zero-order valence-corrected chi connectivity index (χ0v) is 11.7. The van der Waals surface area contributed by atoms with Crippen LogP contribution in [0.4, 0.5) is 0 Å². The second kappa shape index (κ2) is 4.72. The molecule has 1 aliphatic rings. The first-order valence-corrected chi connectivity index (χ1v) is 6.91. The molecule has 0 spiro atoms. The van der Waals surface area contributed by atoms with E-state index in [2.05, 4.69) is 24.9 Å². The minimum Gasteiger partial charge on any atom is -0.494 e. The first-order chi connectivity index (χ1) is 9.19. The lowest BCUT2D eigenvalue weighted by Crippen LogP contribution is -2.20. The fourth-order valence-corrected chi connectivity index (χ4v) is 2.66. The fraction of sp³-hybridized carbons (Fsp3) is 0.438. The molecule has 1 aliphatic heterocycles. The smallest absolute Gasteiger partial charge is 0.217 e. The second-order valence-corrected chi connectivity index (χ2v) is 5.10. The second-order valence-electron chi connectivity index (χ2n) is 5.10. The standard InChI is InChI=1S/C16H19NO2/c1-4-18-12-6-8-15-14(9-12)11(3)13-7-5-10(2)19-16(13)17-15/h6,8-10H,4-5,7H2,1-3H3. The predicted molar refractivity (Wildman–Crippen MR) is 76.1 cm³/mol. The number of pyridine rings is 1. The molecule has 0 saturated carbocycles. The van der Waals surface area contributed by atoms with E-state index in [1.165, 1.54) is 16.5 Å². The molecule has 0 fully saturated rings. The summed E-state index contributed by atoms with van der Waals surface area (Å²) in [5.41, 5.74) is 3.50. The summed E-state index contributed by atoms with van der Waals surface area (Å²) in [5.74, 6) is 1.72. The minimum absolute atomic E-state index is 0.263. The van der Waals surface area contributed by atoms with Crippen LogP contribution in [0.5, 0.6) is 11.6 Å². The summed E-state index contributed by atoms with van der Waals surface area (Å²) in [5, 5.41) is 1.17. The van der Waals surface area contributed by atoms with Gasteiger partial charge >= 0.3 is 0 Å². The number of fused-ring (bicyclic) bond motifs is 2. The van der Waals surface area contributed by atoms with Crippen LogP contribution in [0, 0.1) is 6.92 Å². The summed E-state index contributed by atoms with van der Waals surface area (Å²) >= 11 is 0. The Morgan fingerprint density at radius 3 is 3.05 bits per heavy atom. The number of aryl methyl sites for hydroxylation is 1. The Morgan fingerprint density at radius 2 is 2.26 bits per heavy atom. The highest BCUT2D eigenvalue weighted by molar-refractivity contribution is 5.85. The number of rotatable bonds is 2. The van der Waals surface area contributed by atoms with Crippen LogP contribution in [0.1, 0.15) is 31.4 Å². The molecular weight excluding hydrogens is 238 g/mol. The highest BCUT2D eigenvalue weighted by Crippen LogP contribution is 2.34. The molecule has 0 aliphatic carbocycles. The van der Waals surface area contributed by atoms with Gasteiger partial charge in [-0.1, -0.05) is 0 Å². The predicted octanol–water partition coefficient (Wildman–Crippen LogP) is 3.66. The summed E-state index contributed by atoms with van der Waals surface area (Å²) in [4.78, 5) is 4.65. The van der Waals surface area contributed by atoms with Crippen LogP contribution < -0.4 is 9.47 Å². The van der Waals surface area contributed by atoms with Crippen LogP contribution in [-0.2, 0) is 6.42 Å². The number of benzene rings is 1. The number of hydrogen-bond acceptors (Lipinski definition) is 3. The maximum atomic E-state index is 5.86. The van der Waals surface area contributed by atoms with Crippen molar-refractivity contribution in [3.63, 3.8) is 0 Å². The van der Waals surface area contributed by atoms with E-state index in [1.807, 2.05) is 19.1 Å². The van der Waals surface area contributed by atoms with Crippen molar-refractivity contribution < 1.29 is 9.47 Å². The normalized spacial score (nSPS) is 17.9. The molecule has 1 aromatic heterocycles. The Balaban J connectivity index is 2.16. The van der Waals surface area contributed by atoms with Crippen molar-refractivity contribution in [1.82, 2.24) is 4.98 Å². The summed E-state index contributed by atoms with van der Waals surface area (Å²) in [7, 11) is 0. The maximum Gasteiger partial charge on any atom is 0.217 e. The Kier molecular flexibility index (Phi) is 3.05. The monoisotopic (exact) mass is 257 g/mol. The molecule has 2 aromatic rings. The number of hydrogen-bond donors (Lipinski definition) is 0. The van der Waals surface area contributed by atoms with Gasteiger partial charge in [0.15, 0.2) is 0 Å². The average Bonchev–Trinajstić information content (AvgIpc) is 2.40. The molecule has 1 atom stereocenters. The third kappa shape index (κ3) is 2.14. The van der Waals surface area contributed by atoms with Crippen LogP contribution in [0.3, 0.4) is 0 Å². The van der Waals surface area contributed by atoms with Gasteiger partial charge in [-0.3, -0.25) is 0 Å². The van der Waals surface area contributed by atoms with Gasteiger partial charge in [0.1, 0.15) is 5.75 Å². The van der Waals surface area contributed by atoms with Gasteiger partial charge in [0.25, 0.3) is 0 Å². The van der Waals surface area contributed by atoms with E-state index < -0.39 is 0 Å². The summed E-state index contributed by atoms with van der Waals surface area (Å²) in [6, 6.07) is 6.06. The highest BCUT2D eigenvalue weighted by Gasteiger charge is 2.21. The van der Waals surface area contributed by atoms with Crippen LogP contribution in [-0.4, -0.2) is 17.7 Å². The Bertz CT molecular complexity index is 622. The number of nitrogens with zero attached hydrogens (tertiary/aromatic N) is 1. The lowest BCUT2D eigenvalue weighted by atomic mass is 9.97. The molecule has 1 aromatic carbocycles. The van der Waals surface area contributed by atoms with E-state index in [0.29, 0.717) is 6.61 Å². The van der Waals surface area contributed by atoms with Crippen LogP contribution in [0.2, 0.25) is 0 Å². The largest absolute Gasteiger partial charge is 0.494 e. The lowest BCUT2D eigenvalue weighted by molar-refractivity contribution is 0.184. The van der Waals surface area contributed by atoms with E-state index >= 15 is 0 Å². The Morgan fingerprint density at radius 1 is 1.42 bits per heavy atom. The van der Waals surface area contributed by atoms with Crippen molar-refractivity contribution in [2.45, 2.75) is 39.7 Å². The average molecular weight is 257 g/mol. The zero-order chi connectivity index (χ0) is 13.4. The topological polar surface area (TPSA) is 31.4 Å². The van der Waals surface area contributed by atoms with Gasteiger partial charge in [0.05, 0.1) is 18.2 Å². The Labute approximate surface area is 113 Å². The van der Waals surface area contributed by atoms with Gasteiger partial charge in [-0.2, -0.15) is 0 Å². The van der Waals surface area contributed by atoms with Gasteiger partial charge in [0.2, 0.25) is 5.88 Å². The van der Waals surface area contributed by atoms with Crippen molar-refractivity contribution in [2.75, 3.05) is 6.61 Å². The Hall–Kier alpha value is -1.77. The van der Waals surface area contributed by atoms with Crippen LogP contribution in [0.25, 0.3) is 10.9 Å². The van der Waals surface area contributed by atoms with Crippen LogP contribution >= 0.6 is 0 Å². The van der Waals surface area contributed by atoms with Gasteiger partial charge in [-0.05, 0) is 57.4 Å². The van der Waals surface area contributed by atoms with Crippen molar-refractivity contribution in [2.24, 2.45) is 0 Å². The molecule has 3 nitrogen and oxygen atoms in total. The summed E-state index contributed by atoms with van der Waals surface area (Å²) < 4.78 is 11.4. The summed E-state index contributed by atoms with van der Waals surface area (Å²) in [6.45, 7) is 6.93. The molecule has 0 radical (unpaired) electrons. The molecular formula is C16H19NO2. The molecule has 0 saturated heterocycles.